The highest BCUT2D eigenvalue weighted by molar-refractivity contribution is 6.10. The molecule has 0 saturated heterocycles. The Morgan fingerprint density at radius 2 is 1.72 bits per heavy atom. The van der Waals surface area contributed by atoms with Gasteiger partial charge in [-0.2, -0.15) is 0 Å². The Kier molecular flexibility index (Phi) is 6.85. The summed E-state index contributed by atoms with van der Waals surface area (Å²) in [6.07, 6.45) is 6.72. The highest BCUT2D eigenvalue weighted by Gasteiger charge is 2.37. The summed E-state index contributed by atoms with van der Waals surface area (Å²) in [7, 11) is 0. The van der Waals surface area contributed by atoms with Crippen LogP contribution in [0.2, 0.25) is 0 Å². The van der Waals surface area contributed by atoms with Crippen LogP contribution in [0.15, 0.2) is 24.3 Å². The number of carbonyl (C=O) groups excluding carboxylic acids is 2. The average Bonchev–Trinajstić information content (AvgIpc) is 2.85. The minimum atomic E-state index is -1.15. The molecule has 138 valence electrons. The fourth-order valence-corrected chi connectivity index (χ4v) is 3.02. The van der Waals surface area contributed by atoms with Crippen LogP contribution in [0.5, 0.6) is 5.75 Å². The Hall–Kier alpha value is -2.04. The molecule has 0 aromatic heterocycles. The molecule has 1 aromatic rings. The molecule has 2 amide bonds. The standard InChI is InChI=1S/C20H30N2O3/c1-4-25-17-14-10-9-13-16(17)22-19(24)20(2,3)18(23)21-15-11-7-5-6-8-12-15/h9-10,13-15H,4-8,11-12H2,1-3H3,(H,21,23)(H,22,24). The number of anilines is 1. The maximum absolute atomic E-state index is 12.7. The van der Waals surface area contributed by atoms with E-state index in [9.17, 15) is 9.59 Å². The predicted octanol–water partition coefficient (Wildman–Crippen LogP) is 3.89. The van der Waals surface area contributed by atoms with Crippen LogP contribution in [-0.2, 0) is 9.59 Å². The Morgan fingerprint density at radius 1 is 1.08 bits per heavy atom. The van der Waals surface area contributed by atoms with Gasteiger partial charge in [0.15, 0.2) is 0 Å². The number of ether oxygens (including phenoxy) is 1. The van der Waals surface area contributed by atoms with Crippen LogP contribution in [0, 0.1) is 5.41 Å². The van der Waals surface area contributed by atoms with Crippen LogP contribution < -0.4 is 15.4 Å². The van der Waals surface area contributed by atoms with Crippen molar-refractivity contribution in [3.63, 3.8) is 0 Å². The van der Waals surface area contributed by atoms with Crippen LogP contribution in [0.1, 0.15) is 59.3 Å². The average molecular weight is 346 g/mol. The van der Waals surface area contributed by atoms with Crippen molar-refractivity contribution in [2.75, 3.05) is 11.9 Å². The molecule has 0 spiro atoms. The Balaban J connectivity index is 2.02. The molecule has 1 aliphatic rings. The fourth-order valence-electron chi connectivity index (χ4n) is 3.02. The molecule has 1 aliphatic carbocycles. The topological polar surface area (TPSA) is 67.4 Å². The molecule has 2 N–H and O–H groups in total. The van der Waals surface area contributed by atoms with Gasteiger partial charge in [0, 0.05) is 6.04 Å². The van der Waals surface area contributed by atoms with E-state index in [2.05, 4.69) is 10.6 Å². The number of rotatable bonds is 6. The highest BCUT2D eigenvalue weighted by atomic mass is 16.5. The van der Waals surface area contributed by atoms with Gasteiger partial charge in [-0.15, -0.1) is 0 Å². The largest absolute Gasteiger partial charge is 0.492 e. The SMILES string of the molecule is CCOc1ccccc1NC(=O)C(C)(C)C(=O)NC1CCCCCC1. The van der Waals surface area contributed by atoms with Crippen molar-refractivity contribution in [1.82, 2.24) is 5.32 Å². The van der Waals surface area contributed by atoms with Crippen molar-refractivity contribution in [1.29, 1.82) is 0 Å². The van der Waals surface area contributed by atoms with Crippen LogP contribution in [0.4, 0.5) is 5.69 Å². The van der Waals surface area contributed by atoms with Gasteiger partial charge in [-0.3, -0.25) is 9.59 Å². The molecule has 0 radical (unpaired) electrons. The number of hydrogen-bond donors (Lipinski definition) is 2. The van der Waals surface area contributed by atoms with Crippen LogP contribution in [0.25, 0.3) is 0 Å². The number of hydrogen-bond acceptors (Lipinski definition) is 3. The second kappa shape index (κ2) is 8.88. The minimum absolute atomic E-state index is 0.179. The maximum atomic E-state index is 12.7. The first-order valence-corrected chi connectivity index (χ1v) is 9.29. The Bertz CT molecular complexity index is 590. The molecule has 25 heavy (non-hydrogen) atoms. The molecular formula is C20H30N2O3. The second-order valence-corrected chi connectivity index (χ2v) is 7.17. The van der Waals surface area contributed by atoms with Crippen molar-refractivity contribution < 1.29 is 14.3 Å². The van der Waals surface area contributed by atoms with E-state index in [1.54, 1.807) is 26.0 Å². The molecule has 5 heteroatoms. The monoisotopic (exact) mass is 346 g/mol. The first-order chi connectivity index (χ1) is 11.9. The summed E-state index contributed by atoms with van der Waals surface area (Å²) in [6, 6.07) is 7.44. The van der Waals surface area contributed by atoms with Gasteiger partial charge in [-0.05, 0) is 45.7 Å². The van der Waals surface area contributed by atoms with E-state index in [-0.39, 0.29) is 17.9 Å². The molecule has 0 heterocycles. The molecular weight excluding hydrogens is 316 g/mol. The fraction of sp³-hybridized carbons (Fsp3) is 0.600. The number of para-hydroxylation sites is 2. The van der Waals surface area contributed by atoms with Gasteiger partial charge in [-0.1, -0.05) is 37.8 Å². The Labute approximate surface area is 150 Å². The van der Waals surface area contributed by atoms with E-state index in [0.29, 0.717) is 18.0 Å². The highest BCUT2D eigenvalue weighted by Crippen LogP contribution is 2.27. The van der Waals surface area contributed by atoms with Crippen molar-refractivity contribution in [2.24, 2.45) is 5.41 Å². The summed E-state index contributed by atoms with van der Waals surface area (Å²) in [5, 5.41) is 5.92. The zero-order valence-corrected chi connectivity index (χ0v) is 15.6. The lowest BCUT2D eigenvalue weighted by Crippen LogP contribution is -2.48. The molecule has 1 aromatic carbocycles. The predicted molar refractivity (Wildman–Crippen MR) is 99.7 cm³/mol. The zero-order valence-electron chi connectivity index (χ0n) is 15.6. The lowest BCUT2D eigenvalue weighted by atomic mass is 9.90. The molecule has 0 unspecified atom stereocenters. The van der Waals surface area contributed by atoms with Crippen molar-refractivity contribution in [3.8, 4) is 5.75 Å². The molecule has 1 saturated carbocycles. The summed E-state index contributed by atoms with van der Waals surface area (Å²) in [5.41, 5.74) is -0.560. The van der Waals surface area contributed by atoms with E-state index in [1.165, 1.54) is 12.8 Å². The van der Waals surface area contributed by atoms with Gasteiger partial charge in [0.25, 0.3) is 0 Å². The lowest BCUT2D eigenvalue weighted by Gasteiger charge is -2.26. The molecule has 1 fully saturated rings. The summed E-state index contributed by atoms with van der Waals surface area (Å²) < 4.78 is 5.53. The minimum Gasteiger partial charge on any atom is -0.492 e. The lowest BCUT2D eigenvalue weighted by molar-refractivity contribution is -0.138. The smallest absolute Gasteiger partial charge is 0.239 e. The van der Waals surface area contributed by atoms with Crippen LogP contribution >= 0.6 is 0 Å². The molecule has 0 aliphatic heterocycles. The number of carbonyl (C=O) groups is 2. The molecule has 0 bridgehead atoms. The van der Waals surface area contributed by atoms with Crippen LogP contribution in [0.3, 0.4) is 0 Å². The van der Waals surface area contributed by atoms with Crippen molar-refractivity contribution >= 4 is 17.5 Å². The van der Waals surface area contributed by atoms with Gasteiger partial charge in [0.1, 0.15) is 11.2 Å². The van der Waals surface area contributed by atoms with Gasteiger partial charge in [0.2, 0.25) is 11.8 Å². The third kappa shape index (κ3) is 5.21. The number of amides is 2. The third-order valence-corrected chi connectivity index (χ3v) is 4.76. The van der Waals surface area contributed by atoms with Gasteiger partial charge < -0.3 is 15.4 Å². The maximum Gasteiger partial charge on any atom is 0.239 e. The summed E-state index contributed by atoms with van der Waals surface area (Å²) in [4.78, 5) is 25.4. The second-order valence-electron chi connectivity index (χ2n) is 7.17. The summed E-state index contributed by atoms with van der Waals surface area (Å²) in [5.74, 6) is 0.0647. The third-order valence-electron chi connectivity index (χ3n) is 4.76. The molecule has 2 rings (SSSR count). The van der Waals surface area contributed by atoms with Crippen molar-refractivity contribution in [3.05, 3.63) is 24.3 Å². The first-order valence-electron chi connectivity index (χ1n) is 9.29. The number of nitrogens with one attached hydrogen (secondary N) is 2. The normalized spacial score (nSPS) is 16.0. The van der Waals surface area contributed by atoms with Gasteiger partial charge in [-0.25, -0.2) is 0 Å². The first kappa shape index (κ1) is 19.3. The Morgan fingerprint density at radius 3 is 2.36 bits per heavy atom. The quantitative estimate of drug-likeness (QED) is 0.606. The van der Waals surface area contributed by atoms with Gasteiger partial charge in [0.05, 0.1) is 12.3 Å². The number of benzene rings is 1. The van der Waals surface area contributed by atoms with Gasteiger partial charge >= 0.3 is 0 Å². The van der Waals surface area contributed by atoms with E-state index >= 15 is 0 Å². The van der Waals surface area contributed by atoms with Crippen LogP contribution in [-0.4, -0.2) is 24.5 Å². The van der Waals surface area contributed by atoms with E-state index in [4.69, 9.17) is 4.74 Å². The molecule has 5 nitrogen and oxygen atoms in total. The summed E-state index contributed by atoms with van der Waals surface area (Å²) >= 11 is 0. The van der Waals surface area contributed by atoms with Crippen molar-refractivity contribution in [2.45, 2.75) is 65.3 Å². The zero-order chi connectivity index (χ0) is 18.3. The van der Waals surface area contributed by atoms with E-state index < -0.39 is 5.41 Å². The molecule has 0 atom stereocenters. The van der Waals surface area contributed by atoms with E-state index in [0.717, 1.165) is 25.7 Å². The van der Waals surface area contributed by atoms with E-state index in [1.807, 2.05) is 19.1 Å². The summed E-state index contributed by atoms with van der Waals surface area (Å²) in [6.45, 7) is 5.73.